The number of nitrogens with two attached hydrogens (primary N) is 4. The predicted molar refractivity (Wildman–Crippen MR) is 215 cm³/mol. The van der Waals surface area contributed by atoms with E-state index >= 15 is 0 Å². The van der Waals surface area contributed by atoms with Gasteiger partial charge in [-0.3, -0.25) is 33.7 Å². The Bertz CT molecular complexity index is 1900. The number of rotatable bonds is 20. The summed E-state index contributed by atoms with van der Waals surface area (Å²) >= 11 is 0. The molecule has 11 N–H and O–H groups in total. The SMILES string of the molecule is CC(=O)N(C(=O)/C=C/c1ccccc1)C(Cc1ccc(F)cc1)C(=O)NC(Cc1ccc(N=C(N)N)cc1)C(=O)NC(CC(C)C)C(=O)NC(CCCN)C(N)=O. The van der Waals surface area contributed by atoms with Gasteiger partial charge >= 0.3 is 0 Å². The Balaban J connectivity index is 2.04. The molecule has 0 saturated heterocycles. The molecule has 0 aliphatic carbocycles. The number of benzene rings is 3. The summed E-state index contributed by atoms with van der Waals surface area (Å²) in [4.78, 5) is 86.0. The van der Waals surface area contributed by atoms with E-state index in [9.17, 15) is 33.2 Å². The van der Waals surface area contributed by atoms with Gasteiger partial charge in [0.25, 0.3) is 5.91 Å². The highest BCUT2D eigenvalue weighted by molar-refractivity contribution is 6.06. The summed E-state index contributed by atoms with van der Waals surface area (Å²) in [5.74, 6) is -5.47. The molecule has 3 aromatic carbocycles. The molecule has 3 aromatic rings. The van der Waals surface area contributed by atoms with Crippen LogP contribution >= 0.6 is 0 Å². The highest BCUT2D eigenvalue weighted by Crippen LogP contribution is 2.17. The average Bonchev–Trinajstić information content (AvgIpc) is 3.16. The lowest BCUT2D eigenvalue weighted by Gasteiger charge is -2.30. The molecule has 4 unspecified atom stereocenters. The second-order valence-corrected chi connectivity index (χ2v) is 13.9. The normalized spacial score (nSPS) is 13.2. The van der Waals surface area contributed by atoms with E-state index in [-0.39, 0.29) is 44.1 Å². The third-order valence-electron chi connectivity index (χ3n) is 8.72. The van der Waals surface area contributed by atoms with E-state index in [1.165, 1.54) is 30.3 Å². The number of hydrogen-bond acceptors (Lipinski definition) is 8. The largest absolute Gasteiger partial charge is 0.370 e. The van der Waals surface area contributed by atoms with Crippen molar-refractivity contribution in [3.63, 3.8) is 0 Å². The molecular weight excluding hydrogens is 734 g/mol. The first kappa shape index (κ1) is 45.0. The molecule has 0 radical (unpaired) electrons. The maximum atomic E-state index is 14.4. The van der Waals surface area contributed by atoms with Gasteiger partial charge in [0.2, 0.25) is 29.5 Å². The van der Waals surface area contributed by atoms with Crippen molar-refractivity contribution in [3.05, 3.63) is 107 Å². The van der Waals surface area contributed by atoms with Gasteiger partial charge in [0.1, 0.15) is 30.0 Å². The van der Waals surface area contributed by atoms with Crippen molar-refractivity contribution < 1.29 is 33.2 Å². The van der Waals surface area contributed by atoms with E-state index in [1.54, 1.807) is 54.6 Å². The first-order chi connectivity index (χ1) is 27.1. The van der Waals surface area contributed by atoms with E-state index in [4.69, 9.17) is 22.9 Å². The number of nitrogens with one attached hydrogen (secondary N) is 3. The van der Waals surface area contributed by atoms with Gasteiger partial charge in [0.05, 0.1) is 5.69 Å². The van der Waals surface area contributed by atoms with Crippen molar-refractivity contribution in [1.29, 1.82) is 0 Å². The molecule has 0 saturated carbocycles. The summed E-state index contributed by atoms with van der Waals surface area (Å²) in [5, 5.41) is 8.04. The quantitative estimate of drug-likeness (QED) is 0.0499. The highest BCUT2D eigenvalue weighted by Gasteiger charge is 2.36. The zero-order chi connectivity index (χ0) is 42.1. The lowest BCUT2D eigenvalue weighted by molar-refractivity contribution is -0.148. The van der Waals surface area contributed by atoms with Crippen LogP contribution in [0.2, 0.25) is 0 Å². The predicted octanol–water partition coefficient (Wildman–Crippen LogP) is 1.70. The van der Waals surface area contributed by atoms with Crippen LogP contribution in [0.25, 0.3) is 6.08 Å². The van der Waals surface area contributed by atoms with Crippen LogP contribution in [-0.4, -0.2) is 77.0 Å². The fraction of sp³-hybridized carbons (Fsp3) is 0.341. The number of guanidine groups is 1. The van der Waals surface area contributed by atoms with E-state index in [1.807, 2.05) is 13.8 Å². The Hall–Kier alpha value is -6.42. The van der Waals surface area contributed by atoms with Crippen LogP contribution in [0, 0.1) is 11.7 Å². The zero-order valence-corrected chi connectivity index (χ0v) is 32.3. The molecule has 6 amide bonds. The van der Waals surface area contributed by atoms with Gasteiger partial charge in [-0.1, -0.05) is 68.4 Å². The minimum atomic E-state index is -1.51. The highest BCUT2D eigenvalue weighted by atomic mass is 19.1. The number of hydrogen-bond donors (Lipinski definition) is 7. The third kappa shape index (κ3) is 15.0. The number of amides is 6. The number of carbonyl (C=O) groups is 6. The molecule has 4 atom stereocenters. The molecule has 57 heavy (non-hydrogen) atoms. The fourth-order valence-electron chi connectivity index (χ4n) is 5.91. The van der Waals surface area contributed by atoms with Crippen molar-refractivity contribution in [2.45, 2.75) is 77.0 Å². The minimum absolute atomic E-state index is 0.104. The van der Waals surface area contributed by atoms with Crippen molar-refractivity contribution in [1.82, 2.24) is 20.9 Å². The van der Waals surface area contributed by atoms with E-state index < -0.39 is 65.4 Å². The van der Waals surface area contributed by atoms with Gasteiger partial charge in [-0.25, -0.2) is 9.38 Å². The third-order valence-corrected chi connectivity index (χ3v) is 8.72. The second kappa shape index (κ2) is 22.2. The molecule has 0 bridgehead atoms. The van der Waals surface area contributed by atoms with Crippen LogP contribution in [0.5, 0.6) is 0 Å². The van der Waals surface area contributed by atoms with Crippen molar-refractivity contribution in [3.8, 4) is 0 Å². The number of halogens is 1. The van der Waals surface area contributed by atoms with E-state index in [0.717, 1.165) is 17.9 Å². The van der Waals surface area contributed by atoms with Crippen LogP contribution in [-0.2, 0) is 41.6 Å². The second-order valence-electron chi connectivity index (χ2n) is 13.9. The molecule has 304 valence electrons. The molecule has 0 spiro atoms. The van der Waals surface area contributed by atoms with Gasteiger partial charge in [0.15, 0.2) is 5.96 Å². The molecule has 0 aromatic heterocycles. The van der Waals surface area contributed by atoms with Gasteiger partial charge < -0.3 is 38.9 Å². The summed E-state index contributed by atoms with van der Waals surface area (Å²) in [6.07, 6.45) is 3.05. The van der Waals surface area contributed by atoms with Gasteiger partial charge in [-0.05, 0) is 78.8 Å². The topological polar surface area (TPSA) is 258 Å². The van der Waals surface area contributed by atoms with Crippen molar-refractivity contribution in [2.24, 2.45) is 33.8 Å². The maximum Gasteiger partial charge on any atom is 0.253 e. The van der Waals surface area contributed by atoms with Gasteiger partial charge in [-0.2, -0.15) is 0 Å². The monoisotopic (exact) mass is 785 g/mol. The molecule has 15 nitrogen and oxygen atoms in total. The molecule has 0 heterocycles. The fourth-order valence-corrected chi connectivity index (χ4v) is 5.91. The first-order valence-electron chi connectivity index (χ1n) is 18.5. The van der Waals surface area contributed by atoms with Crippen LogP contribution in [0.4, 0.5) is 10.1 Å². The lowest BCUT2D eigenvalue weighted by Crippen LogP contribution is -2.59. The van der Waals surface area contributed by atoms with Crippen LogP contribution in [0.3, 0.4) is 0 Å². The first-order valence-corrected chi connectivity index (χ1v) is 18.5. The van der Waals surface area contributed by atoms with Gasteiger partial charge in [0, 0.05) is 25.8 Å². The summed E-state index contributed by atoms with van der Waals surface area (Å²) in [6.45, 7) is 5.06. The molecule has 0 fully saturated rings. The van der Waals surface area contributed by atoms with Crippen molar-refractivity contribution >= 4 is 53.2 Å². The number of imide groups is 1. The Morgan fingerprint density at radius 1 is 0.754 bits per heavy atom. The summed E-state index contributed by atoms with van der Waals surface area (Å²) in [5.41, 5.74) is 24.2. The average molecular weight is 786 g/mol. The Kier molecular flexibility index (Phi) is 17.5. The Labute approximate surface area is 331 Å². The summed E-state index contributed by atoms with van der Waals surface area (Å²) in [6, 6.07) is 15.4. The van der Waals surface area contributed by atoms with Gasteiger partial charge in [-0.15, -0.1) is 0 Å². The van der Waals surface area contributed by atoms with Crippen LogP contribution < -0.4 is 38.9 Å². The smallest absolute Gasteiger partial charge is 0.253 e. The molecule has 3 rings (SSSR count). The molecule has 0 aliphatic rings. The van der Waals surface area contributed by atoms with E-state index in [2.05, 4.69) is 20.9 Å². The number of nitrogens with zero attached hydrogens (tertiary/aromatic N) is 2. The molecule has 0 aliphatic heterocycles. The molecule has 16 heteroatoms. The lowest BCUT2D eigenvalue weighted by atomic mass is 9.99. The Morgan fingerprint density at radius 2 is 1.32 bits per heavy atom. The zero-order valence-electron chi connectivity index (χ0n) is 32.3. The number of primary amides is 1. The van der Waals surface area contributed by atoms with E-state index in [0.29, 0.717) is 28.8 Å². The van der Waals surface area contributed by atoms with Crippen molar-refractivity contribution in [2.75, 3.05) is 6.54 Å². The van der Waals surface area contributed by atoms with Crippen LogP contribution in [0.1, 0.15) is 56.7 Å². The Morgan fingerprint density at radius 3 is 1.88 bits per heavy atom. The standard InChI is InChI=1S/C41H52FN9O6/c1-25(2)22-33(38(55)48-32(37(44)54)10-7-21-43)49-39(56)34(23-28-13-18-31(19-14-28)47-41(45)46)50-40(57)35(24-29-11-16-30(42)17-12-29)51(26(3)52)36(53)20-15-27-8-5-4-6-9-27/h4-6,8-9,11-20,25,32-35H,7,10,21-24,43H2,1-3H3,(H2,44,54)(H,48,55)(H,49,56)(H,50,57)(H4,45,46,47)/b20-15+. The summed E-state index contributed by atoms with van der Waals surface area (Å²) < 4.78 is 13.9. The molecular formula is C41H52FN9O6. The number of aliphatic imine (C=N–C) groups is 1. The minimum Gasteiger partial charge on any atom is -0.370 e. The number of carbonyl (C=O) groups excluding carboxylic acids is 6. The summed E-state index contributed by atoms with van der Waals surface area (Å²) in [7, 11) is 0. The maximum absolute atomic E-state index is 14.4. The van der Waals surface area contributed by atoms with Crippen LogP contribution in [0.15, 0.2) is 89.9 Å².